The Bertz CT molecular complexity index is 131. The smallest absolute Gasteiger partial charge is 0.0113 e. The lowest BCUT2D eigenvalue weighted by Crippen LogP contribution is -2.49. The number of hydrogen-bond donors (Lipinski definition) is 0. The van der Waals surface area contributed by atoms with E-state index in [0.29, 0.717) is 0 Å². The van der Waals surface area contributed by atoms with E-state index in [1.165, 1.54) is 38.5 Å². The number of nitrogens with zero attached hydrogens (tertiary/aromatic N) is 2. The summed E-state index contributed by atoms with van der Waals surface area (Å²) < 4.78 is 0. The van der Waals surface area contributed by atoms with Crippen molar-refractivity contribution < 1.29 is 0 Å². The summed E-state index contributed by atoms with van der Waals surface area (Å²) in [7, 11) is 0. The Balaban J connectivity index is 2.15. The van der Waals surface area contributed by atoms with Gasteiger partial charge in [0.25, 0.3) is 0 Å². The van der Waals surface area contributed by atoms with Crippen LogP contribution in [0.5, 0.6) is 0 Å². The molecule has 1 aliphatic heterocycles. The molecule has 78 valence electrons. The van der Waals surface area contributed by atoms with Crippen LogP contribution >= 0.6 is 11.8 Å². The number of rotatable bonds is 4. The molecule has 0 atom stereocenters. The maximum Gasteiger partial charge on any atom is 0.0113 e. The van der Waals surface area contributed by atoms with Crippen LogP contribution in [0.3, 0.4) is 0 Å². The Kier molecular flexibility index (Phi) is 5.14. The first kappa shape index (κ1) is 11.3. The number of hydrogen-bond acceptors (Lipinski definition) is 3. The molecule has 0 saturated carbocycles. The van der Waals surface area contributed by atoms with Gasteiger partial charge < -0.3 is 0 Å². The Morgan fingerprint density at radius 3 is 2.23 bits per heavy atom. The predicted octanol–water partition coefficient (Wildman–Crippen LogP) is 1.38. The zero-order valence-corrected chi connectivity index (χ0v) is 9.94. The van der Waals surface area contributed by atoms with E-state index in [4.69, 9.17) is 0 Å². The number of thioether (sulfide) groups is 1. The highest BCUT2D eigenvalue weighted by atomic mass is 32.2. The van der Waals surface area contributed by atoms with E-state index in [1.807, 2.05) is 11.8 Å². The molecule has 1 saturated heterocycles. The van der Waals surface area contributed by atoms with Crippen molar-refractivity contribution in [3.63, 3.8) is 0 Å². The van der Waals surface area contributed by atoms with Gasteiger partial charge in [0.1, 0.15) is 0 Å². The lowest BCUT2D eigenvalue weighted by molar-refractivity contribution is 0.113. The minimum absolute atomic E-state index is 0.725. The fourth-order valence-corrected chi connectivity index (χ4v) is 2.16. The third-order valence-electron chi connectivity index (χ3n) is 2.75. The average molecular weight is 202 g/mol. The SMILES string of the molecule is CSCCN1CCN(C(C)C)CC1. The average Bonchev–Trinajstić information content (AvgIpc) is 2.15. The van der Waals surface area contributed by atoms with Crippen molar-refractivity contribution in [1.29, 1.82) is 0 Å². The molecule has 0 unspecified atom stereocenters. The van der Waals surface area contributed by atoms with Crippen molar-refractivity contribution in [3.8, 4) is 0 Å². The van der Waals surface area contributed by atoms with E-state index < -0.39 is 0 Å². The molecule has 0 aromatic heterocycles. The highest BCUT2D eigenvalue weighted by Crippen LogP contribution is 2.06. The Labute approximate surface area is 86.7 Å². The summed E-state index contributed by atoms with van der Waals surface area (Å²) in [5, 5.41) is 0. The molecule has 0 aliphatic carbocycles. The molecular weight excluding hydrogens is 180 g/mol. The summed E-state index contributed by atoms with van der Waals surface area (Å²) >= 11 is 1.95. The Morgan fingerprint density at radius 2 is 1.77 bits per heavy atom. The monoisotopic (exact) mass is 202 g/mol. The molecule has 0 spiro atoms. The molecule has 0 radical (unpaired) electrons. The van der Waals surface area contributed by atoms with E-state index in [1.54, 1.807) is 0 Å². The predicted molar refractivity (Wildman–Crippen MR) is 61.5 cm³/mol. The molecule has 13 heavy (non-hydrogen) atoms. The molecule has 0 bridgehead atoms. The lowest BCUT2D eigenvalue weighted by Gasteiger charge is -2.36. The molecular formula is C10H22N2S. The molecule has 1 aliphatic rings. The molecule has 2 nitrogen and oxygen atoms in total. The van der Waals surface area contributed by atoms with Gasteiger partial charge in [-0.25, -0.2) is 0 Å². The van der Waals surface area contributed by atoms with Crippen LogP contribution in [0.25, 0.3) is 0 Å². The van der Waals surface area contributed by atoms with Crippen molar-refractivity contribution in [3.05, 3.63) is 0 Å². The summed E-state index contributed by atoms with van der Waals surface area (Å²) in [5.74, 6) is 1.28. The highest BCUT2D eigenvalue weighted by molar-refractivity contribution is 7.98. The van der Waals surface area contributed by atoms with E-state index in [2.05, 4.69) is 29.9 Å². The van der Waals surface area contributed by atoms with Crippen molar-refractivity contribution in [1.82, 2.24) is 9.80 Å². The second-order valence-electron chi connectivity index (χ2n) is 3.96. The zero-order valence-electron chi connectivity index (χ0n) is 9.12. The van der Waals surface area contributed by atoms with Gasteiger partial charge >= 0.3 is 0 Å². The van der Waals surface area contributed by atoms with Gasteiger partial charge in [0.05, 0.1) is 0 Å². The number of piperazine rings is 1. The summed E-state index contributed by atoms with van der Waals surface area (Å²) in [6.45, 7) is 10.9. The molecule has 1 rings (SSSR count). The molecule has 1 heterocycles. The lowest BCUT2D eigenvalue weighted by atomic mass is 10.2. The summed E-state index contributed by atoms with van der Waals surface area (Å²) in [6.07, 6.45) is 2.18. The summed E-state index contributed by atoms with van der Waals surface area (Å²) in [4.78, 5) is 5.14. The second-order valence-corrected chi connectivity index (χ2v) is 4.95. The van der Waals surface area contributed by atoms with Crippen LogP contribution in [0, 0.1) is 0 Å². The third-order valence-corrected chi connectivity index (χ3v) is 3.34. The van der Waals surface area contributed by atoms with Crippen LogP contribution in [0.2, 0.25) is 0 Å². The minimum atomic E-state index is 0.725. The first-order chi connectivity index (χ1) is 6.24. The van der Waals surface area contributed by atoms with E-state index in [0.717, 1.165) is 6.04 Å². The molecule has 0 N–H and O–H groups in total. The fourth-order valence-electron chi connectivity index (χ4n) is 1.72. The van der Waals surface area contributed by atoms with Crippen LogP contribution in [0.4, 0.5) is 0 Å². The topological polar surface area (TPSA) is 6.48 Å². The first-order valence-corrected chi connectivity index (χ1v) is 6.58. The maximum atomic E-state index is 2.58. The standard InChI is InChI=1S/C10H22N2S/c1-10(2)12-6-4-11(5-7-12)8-9-13-3/h10H,4-9H2,1-3H3. The highest BCUT2D eigenvalue weighted by Gasteiger charge is 2.17. The van der Waals surface area contributed by atoms with Crippen molar-refractivity contribution in [2.75, 3.05) is 44.7 Å². The van der Waals surface area contributed by atoms with E-state index in [9.17, 15) is 0 Å². The van der Waals surface area contributed by atoms with Crippen LogP contribution in [0.1, 0.15) is 13.8 Å². The quantitative estimate of drug-likeness (QED) is 0.680. The van der Waals surface area contributed by atoms with Crippen LogP contribution in [0.15, 0.2) is 0 Å². The van der Waals surface area contributed by atoms with E-state index >= 15 is 0 Å². The van der Waals surface area contributed by atoms with Crippen molar-refractivity contribution in [2.24, 2.45) is 0 Å². The normalized spacial score (nSPS) is 21.2. The van der Waals surface area contributed by atoms with Gasteiger partial charge in [0, 0.05) is 44.5 Å². The zero-order chi connectivity index (χ0) is 9.68. The van der Waals surface area contributed by atoms with Gasteiger partial charge in [-0.2, -0.15) is 11.8 Å². The first-order valence-electron chi connectivity index (χ1n) is 5.19. The van der Waals surface area contributed by atoms with Gasteiger partial charge in [0.2, 0.25) is 0 Å². The molecule has 3 heteroatoms. The molecule has 0 aromatic carbocycles. The Morgan fingerprint density at radius 1 is 1.15 bits per heavy atom. The molecule has 0 amide bonds. The molecule has 0 aromatic rings. The van der Waals surface area contributed by atoms with E-state index in [-0.39, 0.29) is 0 Å². The second kappa shape index (κ2) is 5.89. The summed E-state index contributed by atoms with van der Waals surface area (Å²) in [5.41, 5.74) is 0. The third kappa shape index (κ3) is 3.88. The van der Waals surface area contributed by atoms with Crippen LogP contribution in [-0.4, -0.2) is 60.6 Å². The summed E-state index contributed by atoms with van der Waals surface area (Å²) in [6, 6.07) is 0.725. The van der Waals surface area contributed by atoms with Crippen LogP contribution in [-0.2, 0) is 0 Å². The minimum Gasteiger partial charge on any atom is -0.300 e. The van der Waals surface area contributed by atoms with Gasteiger partial charge in [-0.3, -0.25) is 9.80 Å². The Hall–Kier alpha value is 0.270. The van der Waals surface area contributed by atoms with Crippen molar-refractivity contribution >= 4 is 11.8 Å². The van der Waals surface area contributed by atoms with Gasteiger partial charge in [-0.15, -0.1) is 0 Å². The van der Waals surface area contributed by atoms with Gasteiger partial charge in [-0.1, -0.05) is 0 Å². The van der Waals surface area contributed by atoms with Gasteiger partial charge in [0.15, 0.2) is 0 Å². The fraction of sp³-hybridized carbons (Fsp3) is 1.00. The maximum absolute atomic E-state index is 2.58. The largest absolute Gasteiger partial charge is 0.300 e. The van der Waals surface area contributed by atoms with Gasteiger partial charge in [-0.05, 0) is 20.1 Å². The van der Waals surface area contributed by atoms with Crippen molar-refractivity contribution in [2.45, 2.75) is 19.9 Å². The molecule has 1 fully saturated rings. The van der Waals surface area contributed by atoms with Crippen LogP contribution < -0.4 is 0 Å².